The molecular formula is C29H43N3O4. The van der Waals surface area contributed by atoms with E-state index in [4.69, 9.17) is 14.5 Å². The smallest absolute Gasteiger partial charge is 0.414 e. The summed E-state index contributed by atoms with van der Waals surface area (Å²) in [5.41, 5.74) is 1.45. The van der Waals surface area contributed by atoms with Crippen LogP contribution in [0.2, 0.25) is 0 Å². The van der Waals surface area contributed by atoms with Gasteiger partial charge in [-0.25, -0.2) is 9.79 Å². The van der Waals surface area contributed by atoms with Crippen LogP contribution in [0.25, 0.3) is 0 Å². The molecule has 1 aromatic carbocycles. The molecular weight excluding hydrogens is 454 g/mol. The number of amides is 2. The molecule has 2 amide bonds. The number of aryl methyl sites for hydroxylation is 1. The quantitative estimate of drug-likeness (QED) is 0.595. The number of carbonyl (C=O) groups is 2. The van der Waals surface area contributed by atoms with Crippen molar-refractivity contribution < 1.29 is 19.1 Å². The van der Waals surface area contributed by atoms with E-state index in [9.17, 15) is 9.59 Å². The summed E-state index contributed by atoms with van der Waals surface area (Å²) in [7, 11) is 3.47. The zero-order chi connectivity index (χ0) is 26.3. The molecule has 0 aromatic heterocycles. The molecule has 0 saturated heterocycles. The van der Waals surface area contributed by atoms with Crippen LogP contribution in [0.15, 0.2) is 23.2 Å². The maximum atomic E-state index is 14.2. The highest BCUT2D eigenvalue weighted by molar-refractivity contribution is 6.12. The van der Waals surface area contributed by atoms with Crippen molar-refractivity contribution in [1.82, 2.24) is 10.2 Å². The van der Waals surface area contributed by atoms with Gasteiger partial charge in [-0.2, -0.15) is 0 Å². The van der Waals surface area contributed by atoms with E-state index in [2.05, 4.69) is 37.4 Å². The van der Waals surface area contributed by atoms with E-state index in [-0.39, 0.29) is 23.4 Å². The predicted octanol–water partition coefficient (Wildman–Crippen LogP) is 5.34. The Morgan fingerprint density at radius 3 is 2.56 bits per heavy atom. The average molecular weight is 498 g/mol. The van der Waals surface area contributed by atoms with Gasteiger partial charge >= 0.3 is 6.09 Å². The Labute approximate surface area is 216 Å². The molecule has 1 unspecified atom stereocenters. The highest BCUT2D eigenvalue weighted by Gasteiger charge is 2.66. The molecule has 1 fully saturated rings. The maximum Gasteiger partial charge on any atom is 0.414 e. The molecule has 0 radical (unpaired) electrons. The Bertz CT molecular complexity index is 1030. The summed E-state index contributed by atoms with van der Waals surface area (Å²) in [6.45, 7) is 9.95. The number of nitrogens with one attached hydrogen (secondary N) is 1. The number of guanidine groups is 1. The number of methoxy groups -OCH3 is 1. The van der Waals surface area contributed by atoms with Crippen LogP contribution in [-0.2, 0) is 32.6 Å². The van der Waals surface area contributed by atoms with E-state index in [1.807, 2.05) is 20.8 Å². The molecule has 2 aliphatic carbocycles. The number of fused-ring (bicyclic) bond motifs is 3. The average Bonchev–Trinajstić information content (AvgIpc) is 3.20. The number of hydrogen-bond acceptors (Lipinski definition) is 5. The number of benzene rings is 1. The van der Waals surface area contributed by atoms with Crippen molar-refractivity contribution in [3.8, 4) is 0 Å². The van der Waals surface area contributed by atoms with Gasteiger partial charge in [0.05, 0.1) is 6.10 Å². The second kappa shape index (κ2) is 9.81. The Kier molecular flexibility index (Phi) is 7.26. The van der Waals surface area contributed by atoms with Crippen molar-refractivity contribution >= 4 is 18.0 Å². The summed E-state index contributed by atoms with van der Waals surface area (Å²) in [6.07, 6.45) is 7.20. The van der Waals surface area contributed by atoms with Crippen molar-refractivity contribution in [3.05, 3.63) is 34.9 Å². The van der Waals surface area contributed by atoms with Gasteiger partial charge in [0.15, 0.2) is 5.54 Å². The van der Waals surface area contributed by atoms with E-state index >= 15 is 0 Å². The number of ether oxygens (including phenoxy) is 2. The Morgan fingerprint density at radius 1 is 1.25 bits per heavy atom. The summed E-state index contributed by atoms with van der Waals surface area (Å²) in [4.78, 5) is 33.4. The van der Waals surface area contributed by atoms with Gasteiger partial charge < -0.3 is 9.47 Å². The lowest BCUT2D eigenvalue weighted by atomic mass is 9.61. The van der Waals surface area contributed by atoms with E-state index in [0.29, 0.717) is 5.92 Å². The molecule has 3 aliphatic rings. The Balaban J connectivity index is 1.74. The van der Waals surface area contributed by atoms with Gasteiger partial charge in [-0.15, -0.1) is 0 Å². The minimum absolute atomic E-state index is 0.0671. The van der Waals surface area contributed by atoms with Crippen LogP contribution in [-0.4, -0.2) is 48.7 Å². The van der Waals surface area contributed by atoms with Gasteiger partial charge in [-0.05, 0) is 88.3 Å². The Hall–Kier alpha value is -2.41. The number of aliphatic imine (C=N–C) groups is 1. The number of hydrogen-bond donors (Lipinski definition) is 1. The first-order valence-corrected chi connectivity index (χ1v) is 13.4. The fourth-order valence-electron chi connectivity index (χ4n) is 6.33. The third kappa shape index (κ3) is 4.79. The zero-order valence-corrected chi connectivity index (χ0v) is 23.1. The lowest BCUT2D eigenvalue weighted by Crippen LogP contribution is -2.51. The first kappa shape index (κ1) is 26.6. The maximum absolute atomic E-state index is 14.2. The summed E-state index contributed by atoms with van der Waals surface area (Å²) in [5, 5.41) is 2.77. The van der Waals surface area contributed by atoms with Gasteiger partial charge in [-0.3, -0.25) is 15.0 Å². The van der Waals surface area contributed by atoms with Crippen molar-refractivity contribution in [2.45, 2.75) is 103 Å². The molecule has 0 bridgehead atoms. The third-order valence-electron chi connectivity index (χ3n) is 8.15. The summed E-state index contributed by atoms with van der Waals surface area (Å²) >= 11 is 0. The van der Waals surface area contributed by atoms with Gasteiger partial charge in [0.2, 0.25) is 5.96 Å². The minimum Gasteiger partial charge on any atom is -0.444 e. The highest BCUT2D eigenvalue weighted by Crippen LogP contribution is 2.62. The summed E-state index contributed by atoms with van der Waals surface area (Å²) in [6, 6.07) is 6.65. The molecule has 1 aromatic rings. The second-order valence-corrected chi connectivity index (χ2v) is 12.3. The number of nitrogens with zero attached hydrogens (tertiary/aromatic N) is 2. The first-order valence-electron chi connectivity index (χ1n) is 13.4. The van der Waals surface area contributed by atoms with Crippen LogP contribution < -0.4 is 5.32 Å². The molecule has 1 aliphatic heterocycles. The van der Waals surface area contributed by atoms with E-state index in [1.54, 1.807) is 14.2 Å². The molecule has 1 N–H and O–H groups in total. The molecule has 7 nitrogen and oxygen atoms in total. The molecule has 1 heterocycles. The van der Waals surface area contributed by atoms with Gasteiger partial charge in [0.25, 0.3) is 5.91 Å². The number of carbonyl (C=O) groups excluding carboxylic acids is 2. The standard InChI is InChI=1S/C29H43N3O4/c1-19(2)9-8-10-20-11-12-21-18-28(15-13-22(35-7)14-16-28)29(23(21)17-20)24(33)32(6)25(31-29)30-26(34)36-27(3,4)5/h11-12,17,19,22H,8-10,13-16,18H2,1-7H3,(H,30,31,34). The number of likely N-dealkylation sites (N-methyl/N-ethyl adjacent to an activating group) is 1. The lowest BCUT2D eigenvalue weighted by molar-refractivity contribution is -0.137. The third-order valence-corrected chi connectivity index (χ3v) is 8.15. The molecule has 4 rings (SSSR count). The lowest BCUT2D eigenvalue weighted by Gasteiger charge is -2.45. The predicted molar refractivity (Wildman–Crippen MR) is 141 cm³/mol. The van der Waals surface area contributed by atoms with E-state index in [0.717, 1.165) is 50.5 Å². The van der Waals surface area contributed by atoms with Gasteiger partial charge in [0, 0.05) is 19.6 Å². The van der Waals surface area contributed by atoms with Gasteiger partial charge in [0.1, 0.15) is 5.60 Å². The summed E-state index contributed by atoms with van der Waals surface area (Å²) < 4.78 is 11.1. The summed E-state index contributed by atoms with van der Waals surface area (Å²) in [5.74, 6) is 0.865. The van der Waals surface area contributed by atoms with E-state index < -0.39 is 17.2 Å². The second-order valence-electron chi connectivity index (χ2n) is 12.3. The van der Waals surface area contributed by atoms with Crippen LogP contribution in [0.3, 0.4) is 0 Å². The fraction of sp³-hybridized carbons (Fsp3) is 0.690. The minimum atomic E-state index is -1.03. The molecule has 7 heteroatoms. The van der Waals surface area contributed by atoms with Crippen molar-refractivity contribution in [3.63, 3.8) is 0 Å². The van der Waals surface area contributed by atoms with Crippen LogP contribution in [0.4, 0.5) is 4.79 Å². The normalized spacial score (nSPS) is 27.7. The van der Waals surface area contributed by atoms with Crippen molar-refractivity contribution in [2.75, 3.05) is 14.2 Å². The van der Waals surface area contributed by atoms with Crippen LogP contribution in [0.1, 0.15) is 89.8 Å². The monoisotopic (exact) mass is 497 g/mol. The van der Waals surface area contributed by atoms with Gasteiger partial charge in [-0.1, -0.05) is 38.5 Å². The first-order chi connectivity index (χ1) is 16.9. The van der Waals surface area contributed by atoms with E-state index in [1.165, 1.54) is 22.4 Å². The molecule has 1 saturated carbocycles. The molecule has 36 heavy (non-hydrogen) atoms. The molecule has 2 spiro atoms. The molecule has 1 atom stereocenters. The topological polar surface area (TPSA) is 80.2 Å². The fourth-order valence-corrected chi connectivity index (χ4v) is 6.33. The van der Waals surface area contributed by atoms with Crippen molar-refractivity contribution in [1.29, 1.82) is 0 Å². The number of rotatable bonds is 5. The number of alkyl carbamates (subject to hydrolysis) is 1. The molecule has 198 valence electrons. The van der Waals surface area contributed by atoms with Crippen LogP contribution in [0.5, 0.6) is 0 Å². The van der Waals surface area contributed by atoms with Crippen LogP contribution in [0, 0.1) is 11.3 Å². The van der Waals surface area contributed by atoms with Crippen molar-refractivity contribution in [2.24, 2.45) is 16.3 Å². The SMILES string of the molecule is COC1CCC2(CC1)Cc1ccc(CCCC(C)C)cc1C21N=C(NC(=O)OC(C)(C)C)N(C)C1=O. The Morgan fingerprint density at radius 2 is 1.94 bits per heavy atom. The highest BCUT2D eigenvalue weighted by atomic mass is 16.6. The van der Waals surface area contributed by atoms with Crippen LogP contribution >= 0.6 is 0 Å². The zero-order valence-electron chi connectivity index (χ0n) is 23.1. The largest absolute Gasteiger partial charge is 0.444 e.